The number of carbonyl (C=O) groups is 3. The second-order valence-electron chi connectivity index (χ2n) is 10.0. The van der Waals surface area contributed by atoms with Gasteiger partial charge in [-0.3, -0.25) is 14.4 Å². The Balaban J connectivity index is 1.48. The molecule has 1 aliphatic heterocycles. The molecule has 2 fully saturated rings. The number of carbonyl (C=O) groups excluding carboxylic acids is 3. The van der Waals surface area contributed by atoms with E-state index in [0.717, 1.165) is 59.7 Å². The van der Waals surface area contributed by atoms with Crippen molar-refractivity contribution in [1.29, 1.82) is 0 Å². The lowest BCUT2D eigenvalue weighted by atomic mass is 9.92. The van der Waals surface area contributed by atoms with Gasteiger partial charge in [-0.25, -0.2) is 4.98 Å². The topological polar surface area (TPSA) is 100 Å². The second kappa shape index (κ2) is 10.9. The van der Waals surface area contributed by atoms with E-state index in [1.54, 1.807) is 35.6 Å². The van der Waals surface area contributed by atoms with Crippen LogP contribution in [0, 0.1) is 6.92 Å². The lowest BCUT2D eigenvalue weighted by molar-refractivity contribution is -0.114. The number of anilines is 1. The fraction of sp³-hybridized carbons (Fsp3) is 0.379. The van der Waals surface area contributed by atoms with Crippen molar-refractivity contribution in [1.82, 2.24) is 15.6 Å². The van der Waals surface area contributed by atoms with Crippen LogP contribution in [0.4, 0.5) is 5.69 Å². The Morgan fingerprint density at radius 1 is 1.05 bits per heavy atom. The predicted molar refractivity (Wildman–Crippen MR) is 146 cm³/mol. The van der Waals surface area contributed by atoms with Crippen molar-refractivity contribution in [2.24, 2.45) is 0 Å². The smallest absolute Gasteiger partial charge is 0.252 e. The molecule has 2 atom stereocenters. The molecule has 1 saturated heterocycles. The first kappa shape index (κ1) is 25.3. The maximum absolute atomic E-state index is 14.2. The average Bonchev–Trinajstić information content (AvgIpc) is 3.65. The molecule has 2 aliphatic rings. The Morgan fingerprint density at radius 3 is 2.57 bits per heavy atom. The Hall–Kier alpha value is -3.36. The van der Waals surface area contributed by atoms with E-state index in [1.807, 2.05) is 25.1 Å². The monoisotopic (exact) mass is 516 g/mol. The standard InChI is InChI=1S/C29H32N4O3S/c1-17-7-5-8-20(15-17)27-25(33-29(37-27)19-12-13-19)26(35)24(23-11-3-4-14-30-23)32-28(36)21-9-6-10-22(16-21)31-18(2)34/h5-10,15-16,19,23-24,30H,3-4,11-14H2,1-2H3,(H,31,34)(H,32,36)/t23?,24-/m0/s1. The summed E-state index contributed by atoms with van der Waals surface area (Å²) in [5, 5.41) is 10.2. The van der Waals surface area contributed by atoms with E-state index < -0.39 is 6.04 Å². The quantitative estimate of drug-likeness (QED) is 0.363. The number of amides is 2. The molecule has 3 N–H and O–H groups in total. The van der Waals surface area contributed by atoms with Gasteiger partial charge in [0.1, 0.15) is 11.7 Å². The second-order valence-corrected chi connectivity index (χ2v) is 11.0. The Bertz CT molecular complexity index is 1320. The Morgan fingerprint density at radius 2 is 1.86 bits per heavy atom. The van der Waals surface area contributed by atoms with Crippen LogP contribution in [-0.4, -0.2) is 41.2 Å². The summed E-state index contributed by atoms with van der Waals surface area (Å²) in [7, 11) is 0. The lowest BCUT2D eigenvalue weighted by Gasteiger charge is -2.31. The number of piperidine rings is 1. The van der Waals surface area contributed by atoms with Crippen LogP contribution in [-0.2, 0) is 4.79 Å². The molecule has 192 valence electrons. The number of Topliss-reactive ketones (excluding diaryl/α,β-unsaturated/α-hetero) is 1. The van der Waals surface area contributed by atoms with E-state index in [4.69, 9.17) is 4.98 Å². The molecule has 1 aromatic heterocycles. The molecule has 2 amide bonds. The summed E-state index contributed by atoms with van der Waals surface area (Å²) in [5.74, 6) is -0.304. The van der Waals surface area contributed by atoms with Crippen LogP contribution in [0.1, 0.15) is 76.4 Å². The Kier molecular flexibility index (Phi) is 7.48. The van der Waals surface area contributed by atoms with E-state index >= 15 is 0 Å². The highest BCUT2D eigenvalue weighted by atomic mass is 32.1. The molecule has 1 saturated carbocycles. The highest BCUT2D eigenvalue weighted by Crippen LogP contribution is 2.45. The molecular formula is C29H32N4O3S. The number of benzene rings is 2. The summed E-state index contributed by atoms with van der Waals surface area (Å²) in [4.78, 5) is 44.8. The first-order valence-corrected chi connectivity index (χ1v) is 13.7. The first-order chi connectivity index (χ1) is 17.9. The predicted octanol–water partition coefficient (Wildman–Crippen LogP) is 5.08. The number of hydrogen-bond donors (Lipinski definition) is 3. The summed E-state index contributed by atoms with van der Waals surface area (Å²) < 4.78 is 0. The zero-order chi connectivity index (χ0) is 25.9. The SMILES string of the molecule is CC(=O)Nc1cccc(C(=O)N[C@H](C(=O)c2nc(C3CC3)sc2-c2cccc(C)c2)C2CCCCN2)c1. The average molecular weight is 517 g/mol. The summed E-state index contributed by atoms with van der Waals surface area (Å²) in [6, 6.07) is 14.0. The zero-order valence-electron chi connectivity index (χ0n) is 21.2. The van der Waals surface area contributed by atoms with E-state index in [9.17, 15) is 14.4 Å². The van der Waals surface area contributed by atoms with Gasteiger partial charge >= 0.3 is 0 Å². The van der Waals surface area contributed by atoms with Crippen molar-refractivity contribution >= 4 is 34.6 Å². The molecule has 0 radical (unpaired) electrons. The van der Waals surface area contributed by atoms with Crippen LogP contribution in [0.25, 0.3) is 10.4 Å². The van der Waals surface area contributed by atoms with Gasteiger partial charge in [0.25, 0.3) is 5.91 Å². The van der Waals surface area contributed by atoms with E-state index in [2.05, 4.69) is 22.0 Å². The molecule has 1 aliphatic carbocycles. The third-order valence-corrected chi connectivity index (χ3v) is 8.12. The number of ketones is 1. The number of aryl methyl sites for hydroxylation is 1. The van der Waals surface area contributed by atoms with Crippen molar-refractivity contribution < 1.29 is 14.4 Å². The third kappa shape index (κ3) is 5.97. The minimum Gasteiger partial charge on any atom is -0.340 e. The molecule has 1 unspecified atom stereocenters. The van der Waals surface area contributed by atoms with Gasteiger partial charge in [0.05, 0.1) is 9.88 Å². The maximum Gasteiger partial charge on any atom is 0.252 e. The number of thiazole rings is 1. The Labute approximate surface area is 221 Å². The van der Waals surface area contributed by atoms with E-state index in [1.165, 1.54) is 6.92 Å². The van der Waals surface area contributed by atoms with Crippen LogP contribution >= 0.6 is 11.3 Å². The van der Waals surface area contributed by atoms with Gasteiger partial charge < -0.3 is 16.0 Å². The van der Waals surface area contributed by atoms with Gasteiger partial charge in [0, 0.05) is 30.1 Å². The van der Waals surface area contributed by atoms with Crippen molar-refractivity contribution in [3.8, 4) is 10.4 Å². The molecule has 0 bridgehead atoms. The van der Waals surface area contributed by atoms with Crippen LogP contribution < -0.4 is 16.0 Å². The molecular weight excluding hydrogens is 484 g/mol. The molecule has 0 spiro atoms. The van der Waals surface area contributed by atoms with Crippen LogP contribution in [0.15, 0.2) is 48.5 Å². The van der Waals surface area contributed by atoms with E-state index in [-0.39, 0.29) is 23.6 Å². The number of nitrogens with zero attached hydrogens (tertiary/aromatic N) is 1. The highest BCUT2D eigenvalue weighted by molar-refractivity contribution is 7.15. The first-order valence-electron chi connectivity index (χ1n) is 12.9. The van der Waals surface area contributed by atoms with Crippen molar-refractivity contribution in [2.75, 3.05) is 11.9 Å². The summed E-state index contributed by atoms with van der Waals surface area (Å²) in [5.41, 5.74) is 3.47. The van der Waals surface area contributed by atoms with Gasteiger partial charge in [-0.15, -0.1) is 11.3 Å². The lowest BCUT2D eigenvalue weighted by Crippen LogP contribution is -2.55. The molecule has 8 heteroatoms. The fourth-order valence-corrected chi connectivity index (χ4v) is 6.05. The molecule has 5 rings (SSSR count). The van der Waals surface area contributed by atoms with Crippen molar-refractivity contribution in [3.63, 3.8) is 0 Å². The fourth-order valence-electron chi connectivity index (χ4n) is 4.82. The number of hydrogen-bond acceptors (Lipinski definition) is 6. The minimum atomic E-state index is -0.755. The summed E-state index contributed by atoms with van der Waals surface area (Å²) in [6.07, 6.45) is 5.03. The molecule has 3 aromatic rings. The maximum atomic E-state index is 14.2. The van der Waals surface area contributed by atoms with E-state index in [0.29, 0.717) is 22.9 Å². The number of rotatable bonds is 8. The zero-order valence-corrected chi connectivity index (χ0v) is 22.0. The van der Waals surface area contributed by atoms with Crippen molar-refractivity contribution in [2.45, 2.75) is 64.0 Å². The summed E-state index contributed by atoms with van der Waals surface area (Å²) >= 11 is 1.60. The third-order valence-electron chi connectivity index (χ3n) is 6.85. The molecule has 2 heterocycles. The largest absolute Gasteiger partial charge is 0.340 e. The van der Waals surface area contributed by atoms with Crippen LogP contribution in [0.5, 0.6) is 0 Å². The van der Waals surface area contributed by atoms with Gasteiger partial charge in [-0.2, -0.15) is 0 Å². The number of aromatic nitrogens is 1. The van der Waals surface area contributed by atoms with Gasteiger partial charge in [-0.1, -0.05) is 42.3 Å². The van der Waals surface area contributed by atoms with Crippen LogP contribution in [0.2, 0.25) is 0 Å². The van der Waals surface area contributed by atoms with Crippen molar-refractivity contribution in [3.05, 3.63) is 70.4 Å². The molecule has 37 heavy (non-hydrogen) atoms. The minimum absolute atomic E-state index is 0.162. The number of nitrogens with one attached hydrogen (secondary N) is 3. The van der Waals surface area contributed by atoms with Gasteiger partial charge in [0.2, 0.25) is 11.7 Å². The molecule has 2 aromatic carbocycles. The van der Waals surface area contributed by atoms with Crippen LogP contribution in [0.3, 0.4) is 0 Å². The highest BCUT2D eigenvalue weighted by Gasteiger charge is 2.36. The van der Waals surface area contributed by atoms with Gasteiger partial charge in [-0.05, 0) is 62.9 Å². The molecule has 7 nitrogen and oxygen atoms in total. The summed E-state index contributed by atoms with van der Waals surface area (Å²) in [6.45, 7) is 4.26. The normalized spacial score (nSPS) is 18.2. The van der Waals surface area contributed by atoms with Gasteiger partial charge in [0.15, 0.2) is 0 Å².